The van der Waals surface area contributed by atoms with E-state index in [1.807, 2.05) is 14.1 Å². The van der Waals surface area contributed by atoms with Gasteiger partial charge < -0.3 is 10.2 Å². The molecule has 1 aliphatic rings. The van der Waals surface area contributed by atoms with Crippen LogP contribution in [0.2, 0.25) is 0 Å². The second kappa shape index (κ2) is 6.68. The first kappa shape index (κ1) is 15.4. The Labute approximate surface area is 127 Å². The van der Waals surface area contributed by atoms with Gasteiger partial charge in [0.1, 0.15) is 5.82 Å². The van der Waals surface area contributed by atoms with Gasteiger partial charge in [-0.15, -0.1) is 0 Å². The lowest BCUT2D eigenvalue weighted by Gasteiger charge is -2.34. The summed E-state index contributed by atoms with van der Waals surface area (Å²) < 4.78 is 13.6. The number of hydrogen-bond donors (Lipinski definition) is 1. The van der Waals surface area contributed by atoms with Crippen molar-refractivity contribution in [2.75, 3.05) is 14.1 Å². The fourth-order valence-corrected chi connectivity index (χ4v) is 3.29. The molecule has 0 heterocycles. The van der Waals surface area contributed by atoms with E-state index in [-0.39, 0.29) is 17.8 Å². The van der Waals surface area contributed by atoms with Crippen molar-refractivity contribution in [2.24, 2.45) is 0 Å². The topological polar surface area (TPSA) is 32.3 Å². The first-order valence-electron chi connectivity index (χ1n) is 6.92. The Bertz CT molecular complexity index is 487. The molecule has 2 rings (SSSR count). The van der Waals surface area contributed by atoms with Crippen LogP contribution in [0.5, 0.6) is 0 Å². The molecule has 1 fully saturated rings. The molecule has 0 spiro atoms. The van der Waals surface area contributed by atoms with Crippen molar-refractivity contribution < 1.29 is 9.18 Å². The summed E-state index contributed by atoms with van der Waals surface area (Å²) in [6.07, 6.45) is 4.19. The molecular weight excluding hydrogens is 323 g/mol. The van der Waals surface area contributed by atoms with Crippen LogP contribution in [0.4, 0.5) is 4.39 Å². The lowest BCUT2D eigenvalue weighted by atomic mass is 9.90. The monoisotopic (exact) mass is 342 g/mol. The summed E-state index contributed by atoms with van der Waals surface area (Å²) in [4.78, 5) is 14.3. The third-order valence-corrected chi connectivity index (χ3v) is 4.79. The van der Waals surface area contributed by atoms with Crippen molar-refractivity contribution in [3.8, 4) is 0 Å². The van der Waals surface area contributed by atoms with Gasteiger partial charge in [0.2, 0.25) is 0 Å². The van der Waals surface area contributed by atoms with Gasteiger partial charge in [0.05, 0.1) is 5.56 Å². The van der Waals surface area contributed by atoms with Crippen LogP contribution in [-0.4, -0.2) is 37.0 Å². The summed E-state index contributed by atoms with van der Waals surface area (Å²) in [6.45, 7) is 0. The van der Waals surface area contributed by atoms with Crippen molar-refractivity contribution in [1.82, 2.24) is 10.2 Å². The van der Waals surface area contributed by atoms with Crippen molar-refractivity contribution >= 4 is 21.8 Å². The van der Waals surface area contributed by atoms with Gasteiger partial charge in [0.15, 0.2) is 0 Å². The predicted octanol–water partition coefficient (Wildman–Crippen LogP) is 3.19. The summed E-state index contributed by atoms with van der Waals surface area (Å²) in [5.41, 5.74) is 0.518. The number of benzene rings is 1. The van der Waals surface area contributed by atoms with E-state index in [1.165, 1.54) is 18.2 Å². The minimum Gasteiger partial charge on any atom is -0.339 e. The highest BCUT2D eigenvalue weighted by Gasteiger charge is 2.27. The summed E-state index contributed by atoms with van der Waals surface area (Å²) >= 11 is 3.26. The smallest absolute Gasteiger partial charge is 0.254 e. The SMILES string of the molecule is CNC1CCC(N(C)C(=O)c2ccc(F)cc2Br)CC1. The molecule has 0 aromatic heterocycles. The predicted molar refractivity (Wildman–Crippen MR) is 81.3 cm³/mol. The van der Waals surface area contributed by atoms with Crippen LogP contribution in [0.25, 0.3) is 0 Å². The molecule has 0 radical (unpaired) electrons. The molecule has 0 aliphatic heterocycles. The molecule has 0 unspecified atom stereocenters. The Morgan fingerprint density at radius 2 is 2.00 bits per heavy atom. The van der Waals surface area contributed by atoms with Gasteiger partial charge in [-0.2, -0.15) is 0 Å². The quantitative estimate of drug-likeness (QED) is 0.914. The van der Waals surface area contributed by atoms with Crippen LogP contribution in [0.1, 0.15) is 36.0 Å². The maximum absolute atomic E-state index is 13.1. The largest absolute Gasteiger partial charge is 0.339 e. The molecule has 3 nitrogen and oxygen atoms in total. The number of carbonyl (C=O) groups is 1. The van der Waals surface area contributed by atoms with Crippen LogP contribution in [0.15, 0.2) is 22.7 Å². The number of rotatable bonds is 3. The van der Waals surface area contributed by atoms with Gasteiger partial charge in [-0.25, -0.2) is 4.39 Å². The molecule has 20 heavy (non-hydrogen) atoms. The minimum atomic E-state index is -0.342. The number of carbonyl (C=O) groups excluding carboxylic acids is 1. The van der Waals surface area contributed by atoms with E-state index in [4.69, 9.17) is 0 Å². The summed E-state index contributed by atoms with van der Waals surface area (Å²) in [5.74, 6) is -0.393. The van der Waals surface area contributed by atoms with Crippen molar-refractivity contribution in [3.63, 3.8) is 0 Å². The normalized spacial score (nSPS) is 22.6. The summed E-state index contributed by atoms with van der Waals surface area (Å²) in [6, 6.07) is 5.02. The Hall–Kier alpha value is -0.940. The van der Waals surface area contributed by atoms with Gasteiger partial charge in [-0.3, -0.25) is 4.79 Å². The van der Waals surface area contributed by atoms with E-state index in [9.17, 15) is 9.18 Å². The minimum absolute atomic E-state index is 0.0511. The number of amides is 1. The second-order valence-corrected chi connectivity index (χ2v) is 6.19. The molecular formula is C15H20BrFN2O. The van der Waals surface area contributed by atoms with E-state index >= 15 is 0 Å². The summed E-state index contributed by atoms with van der Waals surface area (Å²) in [5, 5.41) is 3.29. The fourth-order valence-electron chi connectivity index (χ4n) is 2.77. The van der Waals surface area contributed by atoms with E-state index < -0.39 is 0 Å². The number of nitrogens with zero attached hydrogens (tertiary/aromatic N) is 1. The molecule has 1 aliphatic carbocycles. The second-order valence-electron chi connectivity index (χ2n) is 5.33. The zero-order valence-corrected chi connectivity index (χ0v) is 13.4. The molecule has 1 aromatic rings. The Morgan fingerprint density at radius 1 is 1.35 bits per heavy atom. The molecule has 0 saturated heterocycles. The molecule has 0 bridgehead atoms. The first-order chi connectivity index (χ1) is 9.52. The van der Waals surface area contributed by atoms with Crippen molar-refractivity contribution in [2.45, 2.75) is 37.8 Å². The molecule has 1 saturated carbocycles. The zero-order valence-electron chi connectivity index (χ0n) is 11.8. The number of halogens is 2. The molecule has 1 aromatic carbocycles. The van der Waals surface area contributed by atoms with E-state index in [2.05, 4.69) is 21.2 Å². The Morgan fingerprint density at radius 3 is 2.55 bits per heavy atom. The first-order valence-corrected chi connectivity index (χ1v) is 7.71. The highest BCUT2D eigenvalue weighted by molar-refractivity contribution is 9.10. The molecule has 110 valence electrons. The van der Waals surface area contributed by atoms with Crippen LogP contribution in [0, 0.1) is 5.82 Å². The molecule has 0 atom stereocenters. The van der Waals surface area contributed by atoms with Crippen LogP contribution >= 0.6 is 15.9 Å². The lowest BCUT2D eigenvalue weighted by molar-refractivity contribution is 0.0684. The maximum Gasteiger partial charge on any atom is 0.254 e. The maximum atomic E-state index is 13.1. The van der Waals surface area contributed by atoms with Crippen LogP contribution in [0.3, 0.4) is 0 Å². The Balaban J connectivity index is 2.05. The third kappa shape index (κ3) is 3.38. The van der Waals surface area contributed by atoms with E-state index in [0.717, 1.165) is 25.7 Å². The van der Waals surface area contributed by atoms with Gasteiger partial charge >= 0.3 is 0 Å². The fraction of sp³-hybridized carbons (Fsp3) is 0.533. The average molecular weight is 343 g/mol. The molecule has 1 amide bonds. The highest BCUT2D eigenvalue weighted by atomic mass is 79.9. The van der Waals surface area contributed by atoms with E-state index in [1.54, 1.807) is 4.90 Å². The third-order valence-electron chi connectivity index (χ3n) is 4.13. The van der Waals surface area contributed by atoms with Gasteiger partial charge in [-0.05, 0) is 66.9 Å². The van der Waals surface area contributed by atoms with Gasteiger partial charge in [-0.1, -0.05) is 0 Å². The van der Waals surface area contributed by atoms with Gasteiger partial charge in [0.25, 0.3) is 5.91 Å². The zero-order chi connectivity index (χ0) is 14.7. The van der Waals surface area contributed by atoms with E-state index in [0.29, 0.717) is 16.1 Å². The average Bonchev–Trinajstić information content (AvgIpc) is 2.46. The highest BCUT2D eigenvalue weighted by Crippen LogP contribution is 2.25. The standard InChI is InChI=1S/C15H20BrFN2O/c1-18-11-4-6-12(7-5-11)19(2)15(20)13-8-3-10(17)9-14(13)16/h3,8-9,11-12,18H,4-7H2,1-2H3. The lowest BCUT2D eigenvalue weighted by Crippen LogP contribution is -2.42. The Kier molecular flexibility index (Phi) is 5.16. The number of nitrogens with one attached hydrogen (secondary N) is 1. The van der Waals surface area contributed by atoms with Gasteiger partial charge in [0, 0.05) is 23.6 Å². The molecule has 5 heteroatoms. The van der Waals surface area contributed by atoms with Crippen LogP contribution in [-0.2, 0) is 0 Å². The van der Waals surface area contributed by atoms with Crippen molar-refractivity contribution in [1.29, 1.82) is 0 Å². The van der Waals surface area contributed by atoms with Crippen LogP contribution < -0.4 is 5.32 Å². The number of hydrogen-bond acceptors (Lipinski definition) is 2. The van der Waals surface area contributed by atoms with Crippen molar-refractivity contribution in [3.05, 3.63) is 34.1 Å². The molecule has 1 N–H and O–H groups in total. The summed E-state index contributed by atoms with van der Waals surface area (Å²) in [7, 11) is 3.82.